The summed E-state index contributed by atoms with van der Waals surface area (Å²) in [6.45, 7) is 0. The monoisotopic (exact) mass is 227 g/mol. The lowest BCUT2D eigenvalue weighted by Crippen LogP contribution is -2.30. The molecule has 0 saturated heterocycles. The van der Waals surface area contributed by atoms with E-state index in [-0.39, 0.29) is 0 Å². The van der Waals surface area contributed by atoms with Crippen molar-refractivity contribution in [3.63, 3.8) is 0 Å². The van der Waals surface area contributed by atoms with Crippen molar-refractivity contribution in [2.24, 2.45) is 7.05 Å². The van der Waals surface area contributed by atoms with Crippen LogP contribution in [0.2, 0.25) is 5.15 Å². The molecule has 0 saturated carbocycles. The van der Waals surface area contributed by atoms with Crippen molar-refractivity contribution in [2.45, 2.75) is 5.16 Å². The predicted molar refractivity (Wildman–Crippen MR) is 55.3 cm³/mol. The van der Waals surface area contributed by atoms with Crippen LogP contribution in [0.3, 0.4) is 0 Å². The van der Waals surface area contributed by atoms with Crippen molar-refractivity contribution in [3.8, 4) is 0 Å². The largest absolute Gasteiger partial charge is 0.288 e. The second-order valence-electron chi connectivity index (χ2n) is 2.74. The second-order valence-corrected chi connectivity index (χ2v) is 3.87. The van der Waals surface area contributed by atoms with Crippen LogP contribution < -0.4 is 4.57 Å². The Labute approximate surface area is 90.4 Å². The summed E-state index contributed by atoms with van der Waals surface area (Å²) >= 11 is 7.56. The maximum Gasteiger partial charge on any atom is 0.288 e. The topological polar surface area (TPSA) is 42.5 Å². The molecular weight excluding hydrogens is 220 g/mol. The standard InChI is InChI=1S/C8H8ClN4S/c1-13-4-11-5-3-10-8(14-2)12-6(5)7(13)9/h3-4H,1-2H3/q+1. The van der Waals surface area contributed by atoms with E-state index in [1.54, 1.807) is 17.1 Å². The van der Waals surface area contributed by atoms with Gasteiger partial charge in [-0.3, -0.25) is 0 Å². The molecule has 0 N–H and O–H groups in total. The van der Waals surface area contributed by atoms with Gasteiger partial charge in [-0.25, -0.2) is 14.5 Å². The van der Waals surface area contributed by atoms with E-state index in [2.05, 4.69) is 15.0 Å². The summed E-state index contributed by atoms with van der Waals surface area (Å²) in [4.78, 5) is 12.6. The van der Waals surface area contributed by atoms with E-state index in [4.69, 9.17) is 11.6 Å². The van der Waals surface area contributed by atoms with Crippen molar-refractivity contribution in [1.29, 1.82) is 0 Å². The lowest BCUT2D eigenvalue weighted by atomic mass is 10.4. The molecule has 0 atom stereocenters. The first-order valence-electron chi connectivity index (χ1n) is 3.93. The van der Waals surface area contributed by atoms with Gasteiger partial charge in [0.15, 0.2) is 10.7 Å². The average Bonchev–Trinajstić information content (AvgIpc) is 2.23. The first kappa shape index (κ1) is 9.61. The number of thioether (sulfide) groups is 1. The minimum Gasteiger partial charge on any atom is -0.226 e. The molecule has 4 nitrogen and oxygen atoms in total. The van der Waals surface area contributed by atoms with E-state index in [0.717, 1.165) is 0 Å². The van der Waals surface area contributed by atoms with E-state index in [1.165, 1.54) is 11.8 Å². The third-order valence-corrected chi connectivity index (χ3v) is 2.81. The molecule has 0 radical (unpaired) electrons. The molecule has 72 valence electrons. The molecule has 0 bridgehead atoms. The maximum atomic E-state index is 6.08. The van der Waals surface area contributed by atoms with Gasteiger partial charge in [-0.2, -0.15) is 0 Å². The molecule has 6 heteroatoms. The van der Waals surface area contributed by atoms with Crippen molar-refractivity contribution in [3.05, 3.63) is 17.7 Å². The van der Waals surface area contributed by atoms with Crippen LogP contribution in [0, 0.1) is 0 Å². The molecule has 0 spiro atoms. The van der Waals surface area contributed by atoms with Gasteiger partial charge in [-0.15, -0.1) is 0 Å². The molecule has 2 aromatic heterocycles. The number of halogens is 1. The molecule has 14 heavy (non-hydrogen) atoms. The molecule has 0 aliphatic heterocycles. The summed E-state index contributed by atoms with van der Waals surface area (Å²) < 4.78 is 1.72. The van der Waals surface area contributed by atoms with E-state index < -0.39 is 0 Å². The van der Waals surface area contributed by atoms with Gasteiger partial charge >= 0.3 is 0 Å². The SMILES string of the molecule is CSc1ncc2nc[n+](C)c(Cl)c2n1. The number of aryl methyl sites for hydroxylation is 1. The number of hydrogen-bond acceptors (Lipinski definition) is 4. The molecule has 0 aromatic carbocycles. The molecule has 0 aliphatic carbocycles. The van der Waals surface area contributed by atoms with E-state index >= 15 is 0 Å². The average molecular weight is 228 g/mol. The Hall–Kier alpha value is -0.940. The Morgan fingerprint density at radius 1 is 1.43 bits per heavy atom. The van der Waals surface area contributed by atoms with Gasteiger partial charge < -0.3 is 0 Å². The summed E-state index contributed by atoms with van der Waals surface area (Å²) in [5.41, 5.74) is 1.40. The Morgan fingerprint density at radius 3 is 2.93 bits per heavy atom. The van der Waals surface area contributed by atoms with E-state index in [1.807, 2.05) is 13.3 Å². The summed E-state index contributed by atoms with van der Waals surface area (Å²) in [5.74, 6) is 0. The molecule has 0 aliphatic rings. The molecule has 2 heterocycles. The molecular formula is C8H8ClN4S+. The fourth-order valence-electron chi connectivity index (χ4n) is 1.07. The van der Waals surface area contributed by atoms with Crippen LogP contribution >= 0.6 is 23.4 Å². The van der Waals surface area contributed by atoms with Gasteiger partial charge in [-0.1, -0.05) is 11.8 Å². The van der Waals surface area contributed by atoms with Crippen LogP contribution in [-0.2, 0) is 7.05 Å². The zero-order valence-corrected chi connectivity index (χ0v) is 9.30. The van der Waals surface area contributed by atoms with Crippen LogP contribution in [0.4, 0.5) is 0 Å². The fraction of sp³-hybridized carbons (Fsp3) is 0.250. The number of rotatable bonds is 1. The van der Waals surface area contributed by atoms with Gasteiger partial charge in [0, 0.05) is 0 Å². The smallest absolute Gasteiger partial charge is 0.226 e. The quantitative estimate of drug-likeness (QED) is 0.318. The van der Waals surface area contributed by atoms with Gasteiger partial charge in [0.25, 0.3) is 6.33 Å². The zero-order valence-electron chi connectivity index (χ0n) is 7.73. The van der Waals surface area contributed by atoms with Crippen LogP contribution in [0.1, 0.15) is 0 Å². The molecule has 0 fully saturated rings. The highest BCUT2D eigenvalue weighted by molar-refractivity contribution is 7.98. The Bertz CT molecular complexity index is 488. The lowest BCUT2D eigenvalue weighted by molar-refractivity contribution is -0.670. The first-order valence-corrected chi connectivity index (χ1v) is 5.53. The lowest BCUT2D eigenvalue weighted by Gasteiger charge is -1.97. The van der Waals surface area contributed by atoms with Crippen molar-refractivity contribution in [2.75, 3.05) is 6.26 Å². The molecule has 0 unspecified atom stereocenters. The van der Waals surface area contributed by atoms with Gasteiger partial charge in [0.1, 0.15) is 0 Å². The summed E-state index contributed by atoms with van der Waals surface area (Å²) in [6, 6.07) is 0. The number of hydrogen-bond donors (Lipinski definition) is 0. The molecule has 2 rings (SSSR count). The highest BCUT2D eigenvalue weighted by Crippen LogP contribution is 2.17. The van der Waals surface area contributed by atoms with Gasteiger partial charge in [0.05, 0.1) is 13.2 Å². The summed E-state index contributed by atoms with van der Waals surface area (Å²) in [7, 11) is 1.83. The second kappa shape index (κ2) is 3.67. The van der Waals surface area contributed by atoms with Gasteiger partial charge in [0.2, 0.25) is 10.7 Å². The van der Waals surface area contributed by atoms with Crippen molar-refractivity contribution < 1.29 is 4.57 Å². The minimum absolute atomic E-state index is 0.577. The van der Waals surface area contributed by atoms with E-state index in [0.29, 0.717) is 21.3 Å². The van der Waals surface area contributed by atoms with Crippen LogP contribution in [0.25, 0.3) is 11.0 Å². The van der Waals surface area contributed by atoms with Gasteiger partial charge in [-0.05, 0) is 22.8 Å². The van der Waals surface area contributed by atoms with Crippen molar-refractivity contribution in [1.82, 2.24) is 15.0 Å². The minimum atomic E-state index is 0.577. The van der Waals surface area contributed by atoms with Crippen LogP contribution in [0.5, 0.6) is 0 Å². The predicted octanol–water partition coefficient (Wildman–Crippen LogP) is 1.22. The van der Waals surface area contributed by atoms with Crippen LogP contribution in [0.15, 0.2) is 17.7 Å². The highest BCUT2D eigenvalue weighted by Gasteiger charge is 2.12. The van der Waals surface area contributed by atoms with Crippen LogP contribution in [-0.4, -0.2) is 21.2 Å². The zero-order chi connectivity index (χ0) is 10.1. The van der Waals surface area contributed by atoms with Crippen molar-refractivity contribution >= 4 is 34.4 Å². The maximum absolute atomic E-state index is 6.08. The summed E-state index contributed by atoms with van der Waals surface area (Å²) in [6.07, 6.45) is 5.25. The molecule has 0 amide bonds. The number of aromatic nitrogens is 4. The summed E-state index contributed by atoms with van der Waals surface area (Å²) in [5, 5.41) is 1.28. The number of nitrogens with zero attached hydrogens (tertiary/aromatic N) is 4. The third kappa shape index (κ3) is 1.53. The molecule has 2 aromatic rings. The van der Waals surface area contributed by atoms with E-state index in [9.17, 15) is 0 Å². The Balaban J connectivity index is 2.78. The Kier molecular flexibility index (Phi) is 2.52. The normalized spacial score (nSPS) is 10.8. The Morgan fingerprint density at radius 2 is 2.21 bits per heavy atom. The third-order valence-electron chi connectivity index (χ3n) is 1.81. The number of fused-ring (bicyclic) bond motifs is 1. The highest BCUT2D eigenvalue weighted by atomic mass is 35.5. The fourth-order valence-corrected chi connectivity index (χ4v) is 1.59. The first-order chi connectivity index (χ1) is 6.72.